The predicted molar refractivity (Wildman–Crippen MR) is 72.6 cm³/mol. The van der Waals surface area contributed by atoms with Crippen LogP contribution in [0.15, 0.2) is 54.8 Å². The van der Waals surface area contributed by atoms with Crippen molar-refractivity contribution in [1.29, 1.82) is 5.26 Å². The monoisotopic (exact) mass is 235 g/mol. The van der Waals surface area contributed by atoms with Crippen molar-refractivity contribution in [2.75, 3.05) is 7.11 Å². The van der Waals surface area contributed by atoms with Crippen LogP contribution in [0, 0.1) is 11.3 Å². The van der Waals surface area contributed by atoms with Crippen LogP contribution in [0.1, 0.15) is 11.1 Å². The van der Waals surface area contributed by atoms with E-state index in [1.165, 1.54) is 0 Å². The molecule has 0 spiro atoms. The summed E-state index contributed by atoms with van der Waals surface area (Å²) < 4.78 is 4.87. The highest BCUT2D eigenvalue weighted by atomic mass is 16.5. The highest BCUT2D eigenvalue weighted by Crippen LogP contribution is 2.20. The van der Waals surface area contributed by atoms with Crippen LogP contribution < -0.4 is 0 Å². The summed E-state index contributed by atoms with van der Waals surface area (Å²) in [6, 6.07) is 17.8. The average Bonchev–Trinajstić information content (AvgIpc) is 2.46. The number of hydrogen-bond donors (Lipinski definition) is 0. The molecule has 0 saturated carbocycles. The molecule has 2 aromatic rings. The van der Waals surface area contributed by atoms with E-state index in [1.54, 1.807) is 13.4 Å². The molecule has 0 atom stereocenters. The molecular weight excluding hydrogens is 222 g/mol. The quantitative estimate of drug-likeness (QED) is 0.757. The predicted octanol–water partition coefficient (Wildman–Crippen LogP) is 3.84. The van der Waals surface area contributed by atoms with Crippen LogP contribution in [0.2, 0.25) is 0 Å². The second-order valence-corrected chi connectivity index (χ2v) is 3.85. The molecule has 0 aromatic heterocycles. The van der Waals surface area contributed by atoms with Crippen molar-refractivity contribution in [2.45, 2.75) is 0 Å². The smallest absolute Gasteiger partial charge is 0.0991 e. The first-order valence-corrected chi connectivity index (χ1v) is 5.63. The van der Waals surface area contributed by atoms with Crippen LogP contribution in [-0.4, -0.2) is 7.11 Å². The van der Waals surface area contributed by atoms with E-state index in [2.05, 4.69) is 18.2 Å². The Morgan fingerprint density at radius 2 is 1.50 bits per heavy atom. The van der Waals surface area contributed by atoms with Gasteiger partial charge in [0.15, 0.2) is 0 Å². The van der Waals surface area contributed by atoms with E-state index in [0.717, 1.165) is 16.7 Å². The fraction of sp³-hybridized carbons (Fsp3) is 0.0625. The topological polar surface area (TPSA) is 33.0 Å². The first-order chi connectivity index (χ1) is 8.83. The molecule has 0 bridgehead atoms. The molecule has 18 heavy (non-hydrogen) atoms. The minimum absolute atomic E-state index is 0.679. The molecule has 2 aromatic carbocycles. The molecule has 0 N–H and O–H groups in total. The molecule has 88 valence electrons. The van der Waals surface area contributed by atoms with Gasteiger partial charge in [-0.15, -0.1) is 0 Å². The molecule has 0 amide bonds. The number of nitriles is 1. The molecule has 0 heterocycles. The highest BCUT2D eigenvalue weighted by Gasteiger charge is 1.97. The summed E-state index contributed by atoms with van der Waals surface area (Å²) in [5.74, 6) is 0. The van der Waals surface area contributed by atoms with Gasteiger partial charge in [-0.25, -0.2) is 0 Å². The van der Waals surface area contributed by atoms with E-state index < -0.39 is 0 Å². The van der Waals surface area contributed by atoms with Crippen molar-refractivity contribution in [2.24, 2.45) is 0 Å². The van der Waals surface area contributed by atoms with E-state index in [4.69, 9.17) is 10.00 Å². The van der Waals surface area contributed by atoms with Crippen LogP contribution in [0.3, 0.4) is 0 Å². The largest absolute Gasteiger partial charge is 0.504 e. The summed E-state index contributed by atoms with van der Waals surface area (Å²) in [5, 5.41) is 8.75. The van der Waals surface area contributed by atoms with Crippen molar-refractivity contribution < 1.29 is 4.74 Å². The van der Waals surface area contributed by atoms with Crippen molar-refractivity contribution >= 4 is 6.08 Å². The molecule has 0 saturated heterocycles. The lowest BCUT2D eigenvalue weighted by atomic mass is 10.0. The van der Waals surface area contributed by atoms with E-state index in [0.29, 0.717) is 5.56 Å². The maximum Gasteiger partial charge on any atom is 0.0991 e. The van der Waals surface area contributed by atoms with Crippen LogP contribution in [0.5, 0.6) is 0 Å². The van der Waals surface area contributed by atoms with Gasteiger partial charge in [0.1, 0.15) is 0 Å². The fourth-order valence-electron chi connectivity index (χ4n) is 1.67. The Labute approximate surface area is 107 Å². The van der Waals surface area contributed by atoms with Gasteiger partial charge in [0.25, 0.3) is 0 Å². The third-order valence-electron chi connectivity index (χ3n) is 2.65. The van der Waals surface area contributed by atoms with E-state index in [1.807, 2.05) is 42.5 Å². The van der Waals surface area contributed by atoms with E-state index in [9.17, 15) is 0 Å². The van der Waals surface area contributed by atoms with E-state index >= 15 is 0 Å². The second kappa shape index (κ2) is 5.70. The van der Waals surface area contributed by atoms with Crippen LogP contribution in [-0.2, 0) is 4.74 Å². The van der Waals surface area contributed by atoms with Gasteiger partial charge in [-0.1, -0.05) is 36.4 Å². The number of nitrogens with zero attached hydrogens (tertiary/aromatic N) is 1. The first-order valence-electron chi connectivity index (χ1n) is 5.63. The highest BCUT2D eigenvalue weighted by molar-refractivity contribution is 5.66. The van der Waals surface area contributed by atoms with Crippen LogP contribution in [0.4, 0.5) is 0 Å². The van der Waals surface area contributed by atoms with Crippen molar-refractivity contribution in [3.05, 3.63) is 65.9 Å². The van der Waals surface area contributed by atoms with Gasteiger partial charge in [0.05, 0.1) is 25.0 Å². The molecule has 2 rings (SSSR count). The zero-order valence-electron chi connectivity index (χ0n) is 10.1. The molecule has 0 aliphatic rings. The Balaban J connectivity index is 2.23. The summed E-state index contributed by atoms with van der Waals surface area (Å²) >= 11 is 0. The Kier molecular flexibility index (Phi) is 3.78. The molecule has 0 aliphatic carbocycles. The Morgan fingerprint density at radius 1 is 0.944 bits per heavy atom. The summed E-state index contributed by atoms with van der Waals surface area (Å²) in [5.41, 5.74) is 4.01. The molecule has 0 unspecified atom stereocenters. The Hall–Kier alpha value is -2.53. The Bertz CT molecular complexity index is 574. The van der Waals surface area contributed by atoms with Gasteiger partial charge in [0, 0.05) is 0 Å². The van der Waals surface area contributed by atoms with Gasteiger partial charge in [-0.2, -0.15) is 5.26 Å². The van der Waals surface area contributed by atoms with Gasteiger partial charge in [0.2, 0.25) is 0 Å². The normalized spacial score (nSPS) is 10.2. The van der Waals surface area contributed by atoms with Gasteiger partial charge >= 0.3 is 0 Å². The van der Waals surface area contributed by atoms with Gasteiger partial charge in [-0.05, 0) is 34.9 Å². The lowest BCUT2D eigenvalue weighted by molar-refractivity contribution is 0.341. The number of methoxy groups -OCH3 is 1. The van der Waals surface area contributed by atoms with Crippen molar-refractivity contribution in [3.63, 3.8) is 0 Å². The molecule has 0 fully saturated rings. The minimum atomic E-state index is 0.679. The standard InChI is InChI=1S/C16H13NO/c1-18-11-10-13-2-6-15(7-3-13)16-8-4-14(12-17)5-9-16/h2-11H,1H3/b11-10+. The fourth-order valence-corrected chi connectivity index (χ4v) is 1.67. The summed E-state index contributed by atoms with van der Waals surface area (Å²) in [6.45, 7) is 0. The molecular formula is C16H13NO. The van der Waals surface area contributed by atoms with Crippen molar-refractivity contribution in [3.8, 4) is 17.2 Å². The third-order valence-corrected chi connectivity index (χ3v) is 2.65. The molecule has 0 radical (unpaired) electrons. The lowest BCUT2D eigenvalue weighted by Crippen LogP contribution is -1.80. The zero-order valence-corrected chi connectivity index (χ0v) is 10.1. The first kappa shape index (κ1) is 11.9. The second-order valence-electron chi connectivity index (χ2n) is 3.85. The number of rotatable bonds is 3. The number of hydrogen-bond acceptors (Lipinski definition) is 2. The minimum Gasteiger partial charge on any atom is -0.504 e. The average molecular weight is 235 g/mol. The lowest BCUT2D eigenvalue weighted by Gasteiger charge is -2.02. The molecule has 2 heteroatoms. The maximum atomic E-state index is 8.75. The molecule has 2 nitrogen and oxygen atoms in total. The zero-order chi connectivity index (χ0) is 12.8. The van der Waals surface area contributed by atoms with E-state index in [-0.39, 0.29) is 0 Å². The molecule has 0 aliphatic heterocycles. The maximum absolute atomic E-state index is 8.75. The number of benzene rings is 2. The van der Waals surface area contributed by atoms with Gasteiger partial charge < -0.3 is 4.74 Å². The summed E-state index contributed by atoms with van der Waals surface area (Å²) in [6.07, 6.45) is 3.55. The Morgan fingerprint density at radius 3 is 2.00 bits per heavy atom. The number of ether oxygens (including phenoxy) is 1. The third kappa shape index (κ3) is 2.78. The van der Waals surface area contributed by atoms with Gasteiger partial charge in [-0.3, -0.25) is 0 Å². The van der Waals surface area contributed by atoms with Crippen molar-refractivity contribution in [1.82, 2.24) is 0 Å². The summed E-state index contributed by atoms with van der Waals surface area (Å²) in [7, 11) is 1.63. The SMILES string of the molecule is CO/C=C/c1ccc(-c2ccc(C#N)cc2)cc1. The van der Waals surface area contributed by atoms with Crippen LogP contribution >= 0.6 is 0 Å². The van der Waals surface area contributed by atoms with Crippen LogP contribution in [0.25, 0.3) is 17.2 Å². The summed E-state index contributed by atoms with van der Waals surface area (Å²) in [4.78, 5) is 0.